The highest BCUT2D eigenvalue weighted by atomic mass is 35.5. The van der Waals surface area contributed by atoms with Gasteiger partial charge in [0.1, 0.15) is 5.57 Å². The second kappa shape index (κ2) is 11.5. The van der Waals surface area contributed by atoms with E-state index in [4.69, 9.17) is 39.5 Å². The quantitative estimate of drug-likeness (QED) is 0.262. The van der Waals surface area contributed by atoms with Crippen LogP contribution in [0.15, 0.2) is 54.1 Å². The van der Waals surface area contributed by atoms with Crippen molar-refractivity contribution < 1.29 is 23.9 Å². The van der Waals surface area contributed by atoms with Gasteiger partial charge < -0.3 is 10.1 Å². The van der Waals surface area contributed by atoms with E-state index in [9.17, 15) is 19.2 Å². The van der Waals surface area contributed by atoms with Crippen molar-refractivity contribution in [3.8, 4) is 5.75 Å². The molecule has 0 aromatic heterocycles. The Labute approximate surface area is 239 Å². The minimum atomic E-state index is -0.897. The molecule has 11 heteroatoms. The van der Waals surface area contributed by atoms with Crippen molar-refractivity contribution >= 4 is 76.0 Å². The van der Waals surface area contributed by atoms with E-state index in [0.29, 0.717) is 21.8 Å². The lowest BCUT2D eigenvalue weighted by Crippen LogP contribution is -2.54. The molecule has 5 amide bonds. The Morgan fingerprint density at radius 3 is 2.31 bits per heavy atom. The van der Waals surface area contributed by atoms with E-state index < -0.39 is 23.8 Å². The summed E-state index contributed by atoms with van der Waals surface area (Å²) in [7, 11) is 0. The molecular weight excluding hydrogens is 565 g/mol. The maximum Gasteiger partial charge on any atom is 0.335 e. The third-order valence-corrected chi connectivity index (χ3v) is 7.11. The van der Waals surface area contributed by atoms with Crippen LogP contribution in [0, 0.1) is 20.8 Å². The number of urea groups is 1. The minimum Gasteiger partial charge on any atom is -0.481 e. The number of benzene rings is 3. The van der Waals surface area contributed by atoms with E-state index in [1.165, 1.54) is 18.2 Å². The third kappa shape index (κ3) is 5.93. The molecule has 0 saturated carbocycles. The van der Waals surface area contributed by atoms with E-state index in [0.717, 1.165) is 16.0 Å². The number of nitrogens with one attached hydrogen (secondary N) is 2. The molecular formula is C28H22Cl3N3O5. The summed E-state index contributed by atoms with van der Waals surface area (Å²) in [5.74, 6) is -2.07. The Morgan fingerprint density at radius 1 is 0.949 bits per heavy atom. The molecule has 0 unspecified atom stereocenters. The second-order valence-electron chi connectivity index (χ2n) is 8.74. The number of carbonyl (C=O) groups is 4. The molecule has 0 spiro atoms. The van der Waals surface area contributed by atoms with Gasteiger partial charge in [0, 0.05) is 10.7 Å². The van der Waals surface area contributed by atoms with E-state index in [1.807, 2.05) is 26.0 Å². The molecule has 8 nitrogen and oxygen atoms in total. The summed E-state index contributed by atoms with van der Waals surface area (Å²) in [5.41, 5.74) is 3.35. The van der Waals surface area contributed by atoms with Crippen LogP contribution in [-0.4, -0.2) is 30.4 Å². The highest BCUT2D eigenvalue weighted by molar-refractivity contribution is 6.40. The largest absolute Gasteiger partial charge is 0.481 e. The number of imide groups is 2. The number of rotatable bonds is 6. The van der Waals surface area contributed by atoms with Gasteiger partial charge in [0.25, 0.3) is 17.7 Å². The SMILES string of the molecule is Cc1cccc(NC(=O)COc2c(Cl)cc(/C=C3/C(=O)NC(=O)N(c4cccc(Cl)c4C)C3=O)cc2Cl)c1C. The Hall–Kier alpha value is -3.85. The number of amides is 5. The van der Waals surface area contributed by atoms with Gasteiger partial charge in [-0.1, -0.05) is 53.0 Å². The lowest BCUT2D eigenvalue weighted by atomic mass is 10.1. The fourth-order valence-corrected chi connectivity index (χ4v) is 4.68. The molecule has 1 saturated heterocycles. The molecule has 3 aromatic rings. The van der Waals surface area contributed by atoms with Crippen LogP contribution < -0.4 is 20.3 Å². The number of anilines is 2. The predicted molar refractivity (Wildman–Crippen MR) is 152 cm³/mol. The van der Waals surface area contributed by atoms with Gasteiger partial charge in [-0.15, -0.1) is 0 Å². The predicted octanol–water partition coefficient (Wildman–Crippen LogP) is 6.26. The Balaban J connectivity index is 1.55. The highest BCUT2D eigenvalue weighted by Gasteiger charge is 2.37. The number of halogens is 3. The normalized spacial score (nSPS) is 14.5. The number of aryl methyl sites for hydroxylation is 1. The van der Waals surface area contributed by atoms with Crippen LogP contribution in [-0.2, 0) is 14.4 Å². The number of barbiturate groups is 1. The van der Waals surface area contributed by atoms with E-state index in [1.54, 1.807) is 31.2 Å². The van der Waals surface area contributed by atoms with Crippen molar-refractivity contribution in [3.63, 3.8) is 0 Å². The van der Waals surface area contributed by atoms with Gasteiger partial charge in [-0.2, -0.15) is 0 Å². The molecule has 1 fully saturated rings. The zero-order valence-corrected chi connectivity index (χ0v) is 23.3. The average Bonchev–Trinajstić information content (AvgIpc) is 2.86. The first-order valence-corrected chi connectivity index (χ1v) is 12.8. The molecule has 0 bridgehead atoms. The van der Waals surface area contributed by atoms with Crippen LogP contribution in [0.3, 0.4) is 0 Å². The number of hydrogen-bond donors (Lipinski definition) is 2. The molecule has 39 heavy (non-hydrogen) atoms. The summed E-state index contributed by atoms with van der Waals surface area (Å²) >= 11 is 18.9. The summed E-state index contributed by atoms with van der Waals surface area (Å²) in [6.07, 6.45) is 1.26. The fraction of sp³-hybridized carbons (Fsp3) is 0.143. The topological polar surface area (TPSA) is 105 Å². The van der Waals surface area contributed by atoms with Crippen LogP contribution >= 0.6 is 34.8 Å². The smallest absolute Gasteiger partial charge is 0.335 e. The monoisotopic (exact) mass is 585 g/mol. The highest BCUT2D eigenvalue weighted by Crippen LogP contribution is 2.36. The first-order valence-electron chi connectivity index (χ1n) is 11.6. The van der Waals surface area contributed by atoms with Crippen LogP contribution in [0.25, 0.3) is 6.08 Å². The maximum absolute atomic E-state index is 13.2. The van der Waals surface area contributed by atoms with Crippen LogP contribution in [0.4, 0.5) is 16.2 Å². The van der Waals surface area contributed by atoms with E-state index >= 15 is 0 Å². The van der Waals surface area contributed by atoms with Gasteiger partial charge >= 0.3 is 6.03 Å². The maximum atomic E-state index is 13.2. The van der Waals surface area contributed by atoms with Crippen molar-refractivity contribution in [2.24, 2.45) is 0 Å². The Kier molecular flexibility index (Phi) is 8.30. The van der Waals surface area contributed by atoms with Crippen molar-refractivity contribution in [1.82, 2.24) is 5.32 Å². The van der Waals surface area contributed by atoms with Crippen molar-refractivity contribution in [2.45, 2.75) is 20.8 Å². The molecule has 3 aromatic carbocycles. The summed E-state index contributed by atoms with van der Waals surface area (Å²) < 4.78 is 5.56. The van der Waals surface area contributed by atoms with Crippen LogP contribution in [0.2, 0.25) is 15.1 Å². The number of ether oxygens (including phenoxy) is 1. The second-order valence-corrected chi connectivity index (χ2v) is 9.96. The van der Waals surface area contributed by atoms with Crippen LogP contribution in [0.5, 0.6) is 5.75 Å². The molecule has 0 atom stereocenters. The average molecular weight is 587 g/mol. The van der Waals surface area contributed by atoms with E-state index in [-0.39, 0.29) is 33.7 Å². The van der Waals surface area contributed by atoms with Gasteiger partial charge in [0.15, 0.2) is 12.4 Å². The number of nitrogens with zero attached hydrogens (tertiary/aromatic N) is 1. The standard InChI is InChI=1S/C28H22Cl3N3O5/c1-14-6-4-8-22(15(14)2)32-24(35)13-39-25-20(30)11-17(12-21(25)31)10-18-26(36)33-28(38)34(27(18)37)23-9-5-7-19(29)16(23)3/h4-12H,13H2,1-3H3,(H,32,35)(H,33,36,38)/b18-10-. The summed E-state index contributed by atoms with van der Waals surface area (Å²) in [5, 5.41) is 5.40. The molecule has 0 aliphatic carbocycles. The summed E-state index contributed by atoms with van der Waals surface area (Å²) in [6, 6.07) is 12.3. The van der Waals surface area contributed by atoms with E-state index in [2.05, 4.69) is 10.6 Å². The van der Waals surface area contributed by atoms with Gasteiger partial charge in [-0.05, 0) is 79.4 Å². The third-order valence-electron chi connectivity index (χ3n) is 6.14. The van der Waals surface area contributed by atoms with Crippen molar-refractivity contribution in [2.75, 3.05) is 16.8 Å². The zero-order chi connectivity index (χ0) is 28.4. The molecule has 1 aliphatic rings. The van der Waals surface area contributed by atoms with Gasteiger partial charge in [0.2, 0.25) is 0 Å². The zero-order valence-electron chi connectivity index (χ0n) is 21.0. The molecule has 1 heterocycles. The van der Waals surface area contributed by atoms with Gasteiger partial charge in [-0.25, -0.2) is 9.69 Å². The lowest BCUT2D eigenvalue weighted by molar-refractivity contribution is -0.122. The fourth-order valence-electron chi connectivity index (χ4n) is 3.89. The Morgan fingerprint density at radius 2 is 1.62 bits per heavy atom. The van der Waals surface area contributed by atoms with Crippen molar-refractivity contribution in [3.05, 3.63) is 91.4 Å². The Bertz CT molecular complexity index is 1540. The summed E-state index contributed by atoms with van der Waals surface area (Å²) in [4.78, 5) is 51.6. The minimum absolute atomic E-state index is 0.0520. The first-order chi connectivity index (χ1) is 18.5. The molecule has 1 aliphatic heterocycles. The number of carbonyl (C=O) groups excluding carboxylic acids is 4. The molecule has 200 valence electrons. The van der Waals surface area contributed by atoms with Crippen molar-refractivity contribution in [1.29, 1.82) is 0 Å². The van der Waals surface area contributed by atoms with Gasteiger partial charge in [-0.3, -0.25) is 19.7 Å². The number of hydrogen-bond acceptors (Lipinski definition) is 5. The summed E-state index contributed by atoms with van der Waals surface area (Å²) in [6.45, 7) is 5.13. The van der Waals surface area contributed by atoms with Crippen LogP contribution in [0.1, 0.15) is 22.3 Å². The molecule has 4 rings (SSSR count). The van der Waals surface area contributed by atoms with Gasteiger partial charge in [0.05, 0.1) is 15.7 Å². The molecule has 0 radical (unpaired) electrons. The lowest BCUT2D eigenvalue weighted by Gasteiger charge is -2.27. The molecule has 2 N–H and O–H groups in total. The first kappa shape index (κ1) is 28.2.